The first-order chi connectivity index (χ1) is 7.33. The minimum absolute atomic E-state index is 0.0137. The average Bonchev–Trinajstić information content (AvgIpc) is 2.70. The summed E-state index contributed by atoms with van der Waals surface area (Å²) >= 11 is 0. The fraction of sp³-hybridized carbons (Fsp3) is 0.909. The molecule has 0 radical (unpaired) electrons. The van der Waals surface area contributed by atoms with Gasteiger partial charge in [0.25, 0.3) is 0 Å². The van der Waals surface area contributed by atoms with Crippen molar-refractivity contribution in [2.75, 3.05) is 19.6 Å². The van der Waals surface area contributed by atoms with Crippen molar-refractivity contribution in [1.82, 2.24) is 16.0 Å². The molecule has 0 spiro atoms. The fourth-order valence-electron chi connectivity index (χ4n) is 1.87. The number of rotatable bonds is 6. The minimum Gasteiger partial charge on any atom is -0.337 e. The van der Waals surface area contributed by atoms with Gasteiger partial charge in [-0.2, -0.15) is 0 Å². The van der Waals surface area contributed by atoms with E-state index in [9.17, 15) is 4.79 Å². The number of hydrogen-bond acceptors (Lipinski definition) is 2. The highest BCUT2D eigenvalue weighted by atomic mass is 16.2. The fourth-order valence-corrected chi connectivity index (χ4v) is 1.87. The van der Waals surface area contributed by atoms with E-state index in [0.717, 1.165) is 32.4 Å². The van der Waals surface area contributed by atoms with Gasteiger partial charge in [-0.25, -0.2) is 4.79 Å². The maximum absolute atomic E-state index is 11.4. The van der Waals surface area contributed by atoms with Gasteiger partial charge < -0.3 is 16.0 Å². The van der Waals surface area contributed by atoms with Crippen LogP contribution in [0.5, 0.6) is 0 Å². The van der Waals surface area contributed by atoms with Crippen LogP contribution in [0.15, 0.2) is 0 Å². The monoisotopic (exact) mass is 213 g/mol. The molecule has 88 valence electrons. The minimum atomic E-state index is -0.0137. The molecule has 2 amide bonds. The number of hydrogen-bond donors (Lipinski definition) is 3. The molecule has 3 N–H and O–H groups in total. The largest absolute Gasteiger partial charge is 0.337 e. The van der Waals surface area contributed by atoms with Crippen LogP contribution in [0.4, 0.5) is 4.79 Å². The summed E-state index contributed by atoms with van der Waals surface area (Å²) in [6.45, 7) is 4.71. The first-order valence-corrected chi connectivity index (χ1v) is 6.08. The SMILES string of the molecule is CCCNCCNC(=O)NC1CCCC1. The predicted octanol–water partition coefficient (Wildman–Crippen LogP) is 1.23. The van der Waals surface area contributed by atoms with E-state index < -0.39 is 0 Å². The molecule has 0 saturated heterocycles. The Labute approximate surface area is 92.2 Å². The van der Waals surface area contributed by atoms with Gasteiger partial charge in [0.1, 0.15) is 0 Å². The van der Waals surface area contributed by atoms with Crippen molar-refractivity contribution in [2.24, 2.45) is 0 Å². The molecule has 1 saturated carbocycles. The molecule has 0 aromatic rings. The van der Waals surface area contributed by atoms with Crippen molar-refractivity contribution < 1.29 is 4.79 Å². The van der Waals surface area contributed by atoms with E-state index in [1.807, 2.05) is 0 Å². The number of carbonyl (C=O) groups excluding carboxylic acids is 1. The smallest absolute Gasteiger partial charge is 0.315 e. The average molecular weight is 213 g/mol. The maximum Gasteiger partial charge on any atom is 0.315 e. The molecule has 0 aromatic carbocycles. The molecule has 1 fully saturated rings. The number of amides is 2. The van der Waals surface area contributed by atoms with Crippen LogP contribution in [0, 0.1) is 0 Å². The Kier molecular flexibility index (Phi) is 6.16. The van der Waals surface area contributed by atoms with Crippen molar-refractivity contribution in [2.45, 2.75) is 45.1 Å². The first kappa shape index (κ1) is 12.3. The first-order valence-electron chi connectivity index (χ1n) is 6.08. The Balaban J connectivity index is 1.93. The van der Waals surface area contributed by atoms with Crippen molar-refractivity contribution in [3.8, 4) is 0 Å². The van der Waals surface area contributed by atoms with Gasteiger partial charge in [-0.05, 0) is 25.8 Å². The summed E-state index contributed by atoms with van der Waals surface area (Å²) in [5.41, 5.74) is 0. The van der Waals surface area contributed by atoms with Crippen molar-refractivity contribution in [3.63, 3.8) is 0 Å². The Bertz CT molecular complexity index is 179. The molecule has 4 nitrogen and oxygen atoms in total. The molecule has 0 heterocycles. The van der Waals surface area contributed by atoms with E-state index in [-0.39, 0.29) is 6.03 Å². The van der Waals surface area contributed by atoms with Gasteiger partial charge in [0.15, 0.2) is 0 Å². The topological polar surface area (TPSA) is 53.2 Å². The van der Waals surface area contributed by atoms with Crippen LogP contribution in [0.1, 0.15) is 39.0 Å². The molecule has 1 aliphatic carbocycles. The second-order valence-electron chi connectivity index (χ2n) is 4.13. The molecule has 0 unspecified atom stereocenters. The van der Waals surface area contributed by atoms with E-state index in [1.54, 1.807) is 0 Å². The van der Waals surface area contributed by atoms with E-state index in [4.69, 9.17) is 0 Å². The van der Waals surface area contributed by atoms with Crippen LogP contribution < -0.4 is 16.0 Å². The lowest BCUT2D eigenvalue weighted by Crippen LogP contribution is -2.43. The normalized spacial score (nSPS) is 16.6. The maximum atomic E-state index is 11.4. The summed E-state index contributed by atoms with van der Waals surface area (Å²) in [5.74, 6) is 0. The number of nitrogens with one attached hydrogen (secondary N) is 3. The van der Waals surface area contributed by atoms with Crippen LogP contribution in [0.3, 0.4) is 0 Å². The quantitative estimate of drug-likeness (QED) is 0.581. The third-order valence-corrected chi connectivity index (χ3v) is 2.70. The second-order valence-corrected chi connectivity index (χ2v) is 4.13. The molecule has 0 atom stereocenters. The zero-order chi connectivity index (χ0) is 10.9. The molecule has 1 aliphatic rings. The van der Waals surface area contributed by atoms with Crippen LogP contribution in [-0.2, 0) is 0 Å². The van der Waals surface area contributed by atoms with Gasteiger partial charge in [0.05, 0.1) is 0 Å². The third-order valence-electron chi connectivity index (χ3n) is 2.70. The van der Waals surface area contributed by atoms with E-state index in [0.29, 0.717) is 12.6 Å². The molecule has 0 aromatic heterocycles. The Morgan fingerprint density at radius 2 is 1.93 bits per heavy atom. The summed E-state index contributed by atoms with van der Waals surface area (Å²) in [6.07, 6.45) is 5.92. The van der Waals surface area contributed by atoms with Gasteiger partial charge in [-0.1, -0.05) is 19.8 Å². The lowest BCUT2D eigenvalue weighted by Gasteiger charge is -2.12. The van der Waals surface area contributed by atoms with Crippen molar-refractivity contribution in [3.05, 3.63) is 0 Å². The highest BCUT2D eigenvalue weighted by Gasteiger charge is 2.16. The molecular weight excluding hydrogens is 190 g/mol. The lowest BCUT2D eigenvalue weighted by atomic mass is 10.2. The second kappa shape index (κ2) is 7.51. The van der Waals surface area contributed by atoms with Crippen LogP contribution >= 0.6 is 0 Å². The summed E-state index contributed by atoms with van der Waals surface area (Å²) in [5, 5.41) is 9.09. The predicted molar refractivity (Wildman–Crippen MR) is 62.0 cm³/mol. The van der Waals surface area contributed by atoms with E-state index in [2.05, 4.69) is 22.9 Å². The Hall–Kier alpha value is -0.770. The Morgan fingerprint density at radius 3 is 2.60 bits per heavy atom. The van der Waals surface area contributed by atoms with Crippen molar-refractivity contribution in [1.29, 1.82) is 0 Å². The van der Waals surface area contributed by atoms with Gasteiger partial charge >= 0.3 is 6.03 Å². The van der Waals surface area contributed by atoms with Crippen LogP contribution in [0.2, 0.25) is 0 Å². The summed E-state index contributed by atoms with van der Waals surface area (Å²) < 4.78 is 0. The van der Waals surface area contributed by atoms with Crippen LogP contribution in [-0.4, -0.2) is 31.7 Å². The van der Waals surface area contributed by atoms with Gasteiger partial charge in [-0.3, -0.25) is 0 Å². The molecule has 0 bridgehead atoms. The van der Waals surface area contributed by atoms with Gasteiger partial charge in [0, 0.05) is 19.1 Å². The summed E-state index contributed by atoms with van der Waals surface area (Å²) in [4.78, 5) is 11.4. The summed E-state index contributed by atoms with van der Waals surface area (Å²) in [6, 6.07) is 0.397. The van der Waals surface area contributed by atoms with E-state index >= 15 is 0 Å². The molecule has 0 aliphatic heterocycles. The zero-order valence-corrected chi connectivity index (χ0v) is 9.64. The lowest BCUT2D eigenvalue weighted by molar-refractivity contribution is 0.237. The standard InChI is InChI=1S/C11H23N3O/c1-2-7-12-8-9-13-11(15)14-10-5-3-4-6-10/h10,12H,2-9H2,1H3,(H2,13,14,15). The highest BCUT2D eigenvalue weighted by Crippen LogP contribution is 2.17. The third kappa shape index (κ3) is 5.62. The molecule has 1 rings (SSSR count). The number of carbonyl (C=O) groups is 1. The van der Waals surface area contributed by atoms with Crippen molar-refractivity contribution >= 4 is 6.03 Å². The van der Waals surface area contributed by atoms with Crippen LogP contribution in [0.25, 0.3) is 0 Å². The van der Waals surface area contributed by atoms with Gasteiger partial charge in [-0.15, -0.1) is 0 Å². The summed E-state index contributed by atoms with van der Waals surface area (Å²) in [7, 11) is 0. The highest BCUT2D eigenvalue weighted by molar-refractivity contribution is 5.74. The molecule has 4 heteroatoms. The number of urea groups is 1. The molecule has 15 heavy (non-hydrogen) atoms. The Morgan fingerprint density at radius 1 is 1.20 bits per heavy atom. The molecular formula is C11H23N3O. The van der Waals surface area contributed by atoms with E-state index in [1.165, 1.54) is 12.8 Å². The van der Waals surface area contributed by atoms with Gasteiger partial charge in [0.2, 0.25) is 0 Å². The zero-order valence-electron chi connectivity index (χ0n) is 9.64.